The number of rotatable bonds is 2. The molecule has 1 amide bonds. The summed E-state index contributed by atoms with van der Waals surface area (Å²) >= 11 is 0. The molecule has 2 rings (SSSR count). The Balaban J connectivity index is 2.50. The summed E-state index contributed by atoms with van der Waals surface area (Å²) in [6.45, 7) is 0. The minimum absolute atomic E-state index is 0.468. The van der Waals surface area contributed by atoms with Crippen LogP contribution in [0.5, 0.6) is 0 Å². The van der Waals surface area contributed by atoms with E-state index in [1.165, 1.54) is 4.90 Å². The summed E-state index contributed by atoms with van der Waals surface area (Å²) in [4.78, 5) is 15.9. The van der Waals surface area contributed by atoms with E-state index < -0.39 is 0 Å². The number of nitrogens with zero attached hydrogens (tertiary/aromatic N) is 5. The molecule has 6 heteroatoms. The quantitative estimate of drug-likeness (QED) is 0.620. The van der Waals surface area contributed by atoms with Crippen LogP contribution in [0.3, 0.4) is 0 Å². The molecule has 0 aliphatic carbocycles. The maximum Gasteiger partial charge on any atom is 0.213 e. The molecule has 0 aromatic carbocycles. The Labute approximate surface area is 79.9 Å². The number of aromatic nitrogens is 4. The zero-order valence-corrected chi connectivity index (χ0v) is 7.45. The first-order chi connectivity index (χ1) is 6.81. The van der Waals surface area contributed by atoms with Gasteiger partial charge in [-0.15, -0.1) is 10.2 Å². The van der Waals surface area contributed by atoms with Crippen molar-refractivity contribution in [2.75, 3.05) is 11.9 Å². The predicted molar refractivity (Wildman–Crippen MR) is 48.7 cm³/mol. The van der Waals surface area contributed by atoms with Crippen molar-refractivity contribution in [3.63, 3.8) is 0 Å². The summed E-state index contributed by atoms with van der Waals surface area (Å²) in [6, 6.07) is 3.46. The molecular formula is C8H7N5O. The molecule has 0 atom stereocenters. The lowest BCUT2D eigenvalue weighted by molar-refractivity contribution is -0.107. The van der Waals surface area contributed by atoms with E-state index in [1.807, 2.05) is 0 Å². The average molecular weight is 189 g/mol. The first kappa shape index (κ1) is 8.49. The molecule has 0 radical (unpaired) electrons. The molecule has 6 nitrogen and oxygen atoms in total. The van der Waals surface area contributed by atoms with Crippen LogP contribution in [0, 0.1) is 0 Å². The van der Waals surface area contributed by atoms with Crippen molar-refractivity contribution in [2.24, 2.45) is 0 Å². The van der Waals surface area contributed by atoms with E-state index in [-0.39, 0.29) is 0 Å². The van der Waals surface area contributed by atoms with Gasteiger partial charge >= 0.3 is 0 Å². The highest BCUT2D eigenvalue weighted by atomic mass is 16.1. The lowest BCUT2D eigenvalue weighted by Gasteiger charge is -2.06. The van der Waals surface area contributed by atoms with E-state index in [4.69, 9.17) is 0 Å². The molecule has 0 fully saturated rings. The maximum atomic E-state index is 10.5. The Morgan fingerprint density at radius 3 is 3.00 bits per heavy atom. The van der Waals surface area contributed by atoms with Crippen LogP contribution >= 0.6 is 0 Å². The highest BCUT2D eigenvalue weighted by molar-refractivity contribution is 5.73. The van der Waals surface area contributed by atoms with Gasteiger partial charge in [-0.2, -0.15) is 0 Å². The standard InChI is InChI=1S/C8H7N5O/c1-13(5-14)6-2-3-7-8(9-4-6)11-12-10-7/h2-5H,1H3. The fourth-order valence-corrected chi connectivity index (χ4v) is 1.01. The lowest BCUT2D eigenvalue weighted by atomic mass is 10.4. The SMILES string of the molecule is CN(C=O)c1ccc2nnnc-2nc1. The molecular weight excluding hydrogens is 182 g/mol. The summed E-state index contributed by atoms with van der Waals surface area (Å²) in [5.41, 5.74) is 1.29. The normalized spacial score (nSPS) is 10.1. The fourth-order valence-electron chi connectivity index (χ4n) is 1.01. The summed E-state index contributed by atoms with van der Waals surface area (Å²) in [7, 11) is 1.65. The van der Waals surface area contributed by atoms with Crippen molar-refractivity contribution >= 4 is 12.1 Å². The number of amides is 1. The Morgan fingerprint density at radius 1 is 1.36 bits per heavy atom. The number of carbonyl (C=O) groups excluding carboxylic acids is 1. The smallest absolute Gasteiger partial charge is 0.213 e. The topological polar surface area (TPSA) is 71.9 Å². The highest BCUT2D eigenvalue weighted by Crippen LogP contribution is 2.14. The van der Waals surface area contributed by atoms with Gasteiger partial charge in [0.15, 0.2) is 0 Å². The Bertz CT molecular complexity index is 401. The van der Waals surface area contributed by atoms with E-state index in [2.05, 4.69) is 20.4 Å². The lowest BCUT2D eigenvalue weighted by Crippen LogP contribution is -2.12. The minimum atomic E-state index is 0.468. The second-order valence-corrected chi connectivity index (χ2v) is 2.73. The number of hydrogen-bond acceptors (Lipinski definition) is 5. The van der Waals surface area contributed by atoms with Crippen molar-refractivity contribution in [3.05, 3.63) is 18.3 Å². The van der Waals surface area contributed by atoms with Crippen LogP contribution < -0.4 is 4.90 Å². The fraction of sp³-hybridized carbons (Fsp3) is 0.125. The zero-order valence-electron chi connectivity index (χ0n) is 7.45. The van der Waals surface area contributed by atoms with Gasteiger partial charge in [-0.25, -0.2) is 4.98 Å². The zero-order chi connectivity index (χ0) is 9.97. The summed E-state index contributed by atoms with van der Waals surface area (Å²) in [5, 5.41) is 10.9. The van der Waals surface area contributed by atoms with E-state index in [0.717, 1.165) is 0 Å². The summed E-state index contributed by atoms with van der Waals surface area (Å²) in [6.07, 6.45) is 2.26. The molecule has 2 aliphatic heterocycles. The van der Waals surface area contributed by atoms with Crippen LogP contribution in [0.1, 0.15) is 0 Å². The van der Waals surface area contributed by atoms with Gasteiger partial charge in [-0.3, -0.25) is 4.79 Å². The number of hydrogen-bond donors (Lipinski definition) is 0. The van der Waals surface area contributed by atoms with E-state index in [0.29, 0.717) is 23.6 Å². The van der Waals surface area contributed by atoms with Crippen LogP contribution in [-0.2, 0) is 4.79 Å². The molecule has 0 aromatic heterocycles. The van der Waals surface area contributed by atoms with Crippen molar-refractivity contribution < 1.29 is 4.79 Å². The third-order valence-corrected chi connectivity index (χ3v) is 1.82. The van der Waals surface area contributed by atoms with Crippen molar-refractivity contribution in [3.8, 4) is 11.5 Å². The molecule has 0 N–H and O–H groups in total. The largest absolute Gasteiger partial charge is 0.317 e. The van der Waals surface area contributed by atoms with Gasteiger partial charge < -0.3 is 4.90 Å². The van der Waals surface area contributed by atoms with E-state index in [9.17, 15) is 4.79 Å². The van der Waals surface area contributed by atoms with Gasteiger partial charge in [0.1, 0.15) is 5.69 Å². The highest BCUT2D eigenvalue weighted by Gasteiger charge is 2.06. The van der Waals surface area contributed by atoms with Crippen molar-refractivity contribution in [1.82, 2.24) is 20.4 Å². The van der Waals surface area contributed by atoms with Gasteiger partial charge in [0.2, 0.25) is 12.2 Å². The van der Waals surface area contributed by atoms with Gasteiger partial charge in [-0.05, 0) is 17.3 Å². The molecule has 0 saturated carbocycles. The molecule has 14 heavy (non-hydrogen) atoms. The Hall–Kier alpha value is -2.11. The molecule has 2 heterocycles. The van der Waals surface area contributed by atoms with E-state index in [1.54, 1.807) is 25.4 Å². The van der Waals surface area contributed by atoms with Crippen LogP contribution in [0.15, 0.2) is 18.3 Å². The van der Waals surface area contributed by atoms with Crippen LogP contribution in [0.25, 0.3) is 11.5 Å². The Morgan fingerprint density at radius 2 is 2.21 bits per heavy atom. The molecule has 0 aromatic rings. The van der Waals surface area contributed by atoms with Crippen LogP contribution in [0.4, 0.5) is 5.69 Å². The molecule has 0 saturated heterocycles. The maximum absolute atomic E-state index is 10.5. The molecule has 2 aliphatic rings. The van der Waals surface area contributed by atoms with Gasteiger partial charge in [-0.1, -0.05) is 0 Å². The molecule has 0 unspecified atom stereocenters. The summed E-state index contributed by atoms with van der Waals surface area (Å²) in [5.74, 6) is 0.468. The molecule has 0 bridgehead atoms. The number of anilines is 1. The third-order valence-electron chi connectivity index (χ3n) is 1.82. The van der Waals surface area contributed by atoms with Gasteiger partial charge in [0.05, 0.1) is 11.9 Å². The van der Waals surface area contributed by atoms with Gasteiger partial charge in [0, 0.05) is 7.05 Å². The number of carbonyl (C=O) groups is 1. The van der Waals surface area contributed by atoms with Crippen LogP contribution in [0.2, 0.25) is 0 Å². The molecule has 70 valence electrons. The second-order valence-electron chi connectivity index (χ2n) is 2.73. The predicted octanol–water partition coefficient (Wildman–Crippen LogP) is -0.0360. The average Bonchev–Trinajstić information content (AvgIpc) is 2.56. The minimum Gasteiger partial charge on any atom is -0.317 e. The first-order valence-electron chi connectivity index (χ1n) is 3.94. The number of fused-ring (bicyclic) bond motifs is 1. The monoisotopic (exact) mass is 189 g/mol. The Kier molecular flexibility index (Phi) is 2.02. The first-order valence-corrected chi connectivity index (χ1v) is 3.94. The van der Waals surface area contributed by atoms with Crippen molar-refractivity contribution in [2.45, 2.75) is 0 Å². The van der Waals surface area contributed by atoms with Crippen molar-refractivity contribution in [1.29, 1.82) is 0 Å². The third kappa shape index (κ3) is 1.37. The molecule has 0 spiro atoms. The summed E-state index contributed by atoms with van der Waals surface area (Å²) < 4.78 is 0. The van der Waals surface area contributed by atoms with E-state index >= 15 is 0 Å². The van der Waals surface area contributed by atoms with Crippen LogP contribution in [-0.4, -0.2) is 33.9 Å². The van der Waals surface area contributed by atoms with Gasteiger partial charge in [0.25, 0.3) is 0 Å². The second kappa shape index (κ2) is 3.33.